The van der Waals surface area contributed by atoms with Crippen molar-refractivity contribution in [2.24, 2.45) is 0 Å². The van der Waals surface area contributed by atoms with Gasteiger partial charge in [0.1, 0.15) is 19.8 Å². The quantitative estimate of drug-likeness (QED) is 0.0153. The van der Waals surface area contributed by atoms with Gasteiger partial charge < -0.3 is 27.9 Å². The highest BCUT2D eigenvalue weighted by atomic mass is 31.2. The molecule has 0 rings (SSSR count). The number of quaternary nitrogens is 1. The summed E-state index contributed by atoms with van der Waals surface area (Å²) in [7, 11) is 1.36. The fourth-order valence-corrected chi connectivity index (χ4v) is 6.52. The lowest BCUT2D eigenvalue weighted by molar-refractivity contribution is -0.870. The van der Waals surface area contributed by atoms with Crippen molar-refractivity contribution in [1.82, 2.24) is 0 Å². The molecule has 0 aliphatic carbocycles. The van der Waals surface area contributed by atoms with E-state index in [1.807, 2.05) is 27.2 Å². The minimum Gasteiger partial charge on any atom is -0.756 e. The fourth-order valence-electron chi connectivity index (χ4n) is 5.80. The first kappa shape index (κ1) is 51.6. The maximum absolute atomic E-state index is 12.5. The van der Waals surface area contributed by atoms with Crippen molar-refractivity contribution in [3.63, 3.8) is 0 Å². The van der Waals surface area contributed by atoms with Gasteiger partial charge in [0.2, 0.25) is 0 Å². The van der Waals surface area contributed by atoms with Crippen molar-refractivity contribution in [2.45, 2.75) is 193 Å². The molecule has 9 heteroatoms. The zero-order valence-electron chi connectivity index (χ0n) is 35.2. The Hall–Kier alpha value is -1.44. The van der Waals surface area contributed by atoms with E-state index >= 15 is 0 Å². The number of phosphoric ester groups is 1. The molecule has 0 aromatic heterocycles. The molecule has 0 heterocycles. The number of phosphoric acid groups is 1. The maximum Gasteiger partial charge on any atom is 0.305 e. The van der Waals surface area contributed by atoms with Gasteiger partial charge in [0.05, 0.1) is 34.0 Å². The largest absolute Gasteiger partial charge is 0.756 e. The Labute approximate surface area is 327 Å². The Morgan fingerprint density at radius 2 is 1.06 bits per heavy atom. The number of hydrogen-bond donors (Lipinski definition) is 0. The van der Waals surface area contributed by atoms with E-state index in [4.69, 9.17) is 18.5 Å². The van der Waals surface area contributed by atoms with Crippen LogP contribution >= 0.6 is 7.82 Å². The van der Waals surface area contributed by atoms with Crippen LogP contribution in [0.3, 0.4) is 0 Å². The molecule has 0 radical (unpaired) electrons. The molecular weight excluding hydrogens is 685 g/mol. The van der Waals surface area contributed by atoms with Crippen LogP contribution in [0.15, 0.2) is 36.6 Å². The van der Waals surface area contributed by atoms with Crippen molar-refractivity contribution < 1.29 is 37.3 Å². The standard InChI is InChI=1S/C44H84NO7P/c1-6-8-10-12-14-16-18-20-22-23-24-25-27-29-31-33-35-37-44(46)50-41-43(42-52-53(47,48)51-40-38-45(3,4)5)49-39-36-34-32-30-28-26-21-19-17-15-13-11-9-7-2/h14,16,20,22,36,39,43H,6-13,15,17-19,21,23-35,37-38,40-42H2,1-5H3/b16-14-,22-20-,39-36-. The van der Waals surface area contributed by atoms with Gasteiger partial charge in [-0.15, -0.1) is 0 Å². The van der Waals surface area contributed by atoms with Gasteiger partial charge in [0.15, 0.2) is 6.10 Å². The van der Waals surface area contributed by atoms with Crippen LogP contribution in [-0.2, 0) is 27.9 Å². The highest BCUT2D eigenvalue weighted by molar-refractivity contribution is 7.45. The topological polar surface area (TPSA) is 94.1 Å². The van der Waals surface area contributed by atoms with E-state index in [9.17, 15) is 14.3 Å². The van der Waals surface area contributed by atoms with Crippen LogP contribution in [-0.4, -0.2) is 64.1 Å². The number of hydrogen-bond acceptors (Lipinski definition) is 7. The molecule has 0 amide bonds. The van der Waals surface area contributed by atoms with E-state index in [0.29, 0.717) is 17.4 Å². The molecule has 0 aliphatic heterocycles. The number of nitrogens with zero attached hydrogens (tertiary/aromatic N) is 1. The first-order chi connectivity index (χ1) is 25.6. The summed E-state index contributed by atoms with van der Waals surface area (Å²) >= 11 is 0. The summed E-state index contributed by atoms with van der Waals surface area (Å²) in [6.45, 7) is 4.68. The number of ether oxygens (including phenoxy) is 2. The van der Waals surface area contributed by atoms with Crippen LogP contribution in [0.2, 0.25) is 0 Å². The second-order valence-electron chi connectivity index (χ2n) is 15.8. The van der Waals surface area contributed by atoms with Gasteiger partial charge >= 0.3 is 5.97 Å². The molecule has 0 N–H and O–H groups in total. The Kier molecular flexibility index (Phi) is 36.5. The molecule has 0 aromatic rings. The van der Waals surface area contributed by atoms with Gasteiger partial charge in [0.25, 0.3) is 7.82 Å². The van der Waals surface area contributed by atoms with Crippen molar-refractivity contribution in [2.75, 3.05) is 47.5 Å². The van der Waals surface area contributed by atoms with Gasteiger partial charge in [0, 0.05) is 6.42 Å². The molecule has 312 valence electrons. The summed E-state index contributed by atoms with van der Waals surface area (Å²) in [6.07, 6.45) is 43.9. The number of likely N-dealkylation sites (N-methyl/N-ethyl adjacent to an activating group) is 1. The summed E-state index contributed by atoms with van der Waals surface area (Å²) in [5.74, 6) is -0.300. The number of rotatable bonds is 40. The molecule has 0 saturated heterocycles. The lowest BCUT2D eigenvalue weighted by Crippen LogP contribution is -2.37. The molecule has 0 aromatic carbocycles. The van der Waals surface area contributed by atoms with Gasteiger partial charge in [-0.05, 0) is 57.4 Å². The predicted octanol–water partition coefficient (Wildman–Crippen LogP) is 12.3. The number of carbonyl (C=O) groups is 1. The summed E-state index contributed by atoms with van der Waals surface area (Å²) in [5, 5.41) is 0. The second-order valence-corrected chi connectivity index (χ2v) is 17.2. The van der Waals surface area contributed by atoms with Gasteiger partial charge in [-0.25, -0.2) is 0 Å². The average Bonchev–Trinajstić information content (AvgIpc) is 3.11. The molecule has 0 fully saturated rings. The molecule has 53 heavy (non-hydrogen) atoms. The molecule has 0 bridgehead atoms. The molecule has 0 spiro atoms. The summed E-state index contributed by atoms with van der Waals surface area (Å²) in [6, 6.07) is 0. The summed E-state index contributed by atoms with van der Waals surface area (Å²) in [5.41, 5.74) is 0. The van der Waals surface area contributed by atoms with E-state index in [1.165, 1.54) is 122 Å². The Morgan fingerprint density at radius 1 is 0.604 bits per heavy atom. The lowest BCUT2D eigenvalue weighted by atomic mass is 10.0. The molecule has 0 aliphatic rings. The zero-order chi connectivity index (χ0) is 39.1. The van der Waals surface area contributed by atoms with E-state index in [2.05, 4.69) is 38.2 Å². The zero-order valence-corrected chi connectivity index (χ0v) is 36.1. The molecule has 2 unspecified atom stereocenters. The molecule has 0 saturated carbocycles. The van der Waals surface area contributed by atoms with Crippen molar-refractivity contribution in [3.8, 4) is 0 Å². The van der Waals surface area contributed by atoms with Crippen LogP contribution in [0.25, 0.3) is 0 Å². The third kappa shape index (κ3) is 41.6. The highest BCUT2D eigenvalue weighted by Gasteiger charge is 2.19. The Bertz CT molecular complexity index is 947. The van der Waals surface area contributed by atoms with Crippen LogP contribution in [0.4, 0.5) is 0 Å². The third-order valence-corrected chi connectivity index (χ3v) is 10.2. The smallest absolute Gasteiger partial charge is 0.305 e. The third-order valence-electron chi connectivity index (χ3n) is 9.28. The summed E-state index contributed by atoms with van der Waals surface area (Å²) in [4.78, 5) is 24.8. The van der Waals surface area contributed by atoms with E-state index in [0.717, 1.165) is 44.9 Å². The number of esters is 1. The molecule has 8 nitrogen and oxygen atoms in total. The van der Waals surface area contributed by atoms with E-state index in [1.54, 1.807) is 6.26 Å². The van der Waals surface area contributed by atoms with Crippen LogP contribution < -0.4 is 4.89 Å². The van der Waals surface area contributed by atoms with E-state index < -0.39 is 13.9 Å². The van der Waals surface area contributed by atoms with Gasteiger partial charge in [-0.2, -0.15) is 0 Å². The SMILES string of the molecule is CCCCC/C=C\C/C=C\CCCCCCCCCC(=O)OCC(COP(=O)([O-])OCC[N+](C)(C)C)O/C=C\CCCCCCCCCCCCCC. The number of unbranched alkanes of at least 4 members (excludes halogenated alkanes) is 22. The number of carbonyl (C=O) groups excluding carboxylic acids is 1. The molecular formula is C44H84NO7P. The van der Waals surface area contributed by atoms with Crippen LogP contribution in [0, 0.1) is 0 Å². The second kappa shape index (κ2) is 37.5. The number of allylic oxidation sites excluding steroid dienone is 5. The van der Waals surface area contributed by atoms with Crippen molar-refractivity contribution in [1.29, 1.82) is 0 Å². The first-order valence-corrected chi connectivity index (χ1v) is 23.2. The summed E-state index contributed by atoms with van der Waals surface area (Å²) < 4.78 is 34.3. The van der Waals surface area contributed by atoms with Crippen molar-refractivity contribution >= 4 is 13.8 Å². The minimum absolute atomic E-state index is 0.0262. The van der Waals surface area contributed by atoms with Crippen molar-refractivity contribution in [3.05, 3.63) is 36.6 Å². The predicted molar refractivity (Wildman–Crippen MR) is 222 cm³/mol. The van der Waals surface area contributed by atoms with Crippen LogP contribution in [0.1, 0.15) is 187 Å². The van der Waals surface area contributed by atoms with Gasteiger partial charge in [-0.1, -0.05) is 154 Å². The Morgan fingerprint density at radius 3 is 1.58 bits per heavy atom. The normalized spacial score (nSPS) is 14.1. The Balaban J connectivity index is 4.28. The van der Waals surface area contributed by atoms with E-state index in [-0.39, 0.29) is 25.8 Å². The highest BCUT2D eigenvalue weighted by Crippen LogP contribution is 2.38. The van der Waals surface area contributed by atoms with Crippen LogP contribution in [0.5, 0.6) is 0 Å². The average molecular weight is 770 g/mol. The maximum atomic E-state index is 12.5. The lowest BCUT2D eigenvalue weighted by Gasteiger charge is -2.28. The fraction of sp³-hybridized carbons (Fsp3) is 0.841. The van der Waals surface area contributed by atoms with Gasteiger partial charge in [-0.3, -0.25) is 9.36 Å². The first-order valence-electron chi connectivity index (χ1n) is 21.8. The molecule has 2 atom stereocenters. The minimum atomic E-state index is -4.51. The monoisotopic (exact) mass is 770 g/mol.